The zero-order valence-electron chi connectivity index (χ0n) is 10.7. The van der Waals surface area contributed by atoms with Crippen molar-refractivity contribution in [2.75, 3.05) is 11.9 Å². The van der Waals surface area contributed by atoms with Crippen LogP contribution in [0.3, 0.4) is 0 Å². The molecule has 0 atom stereocenters. The molecule has 0 fully saturated rings. The van der Waals surface area contributed by atoms with E-state index in [-0.39, 0.29) is 0 Å². The van der Waals surface area contributed by atoms with Crippen LogP contribution < -0.4 is 5.32 Å². The largest absolute Gasteiger partial charge is 0.354 e. The smallest absolute Gasteiger partial charge is 0.225 e. The Balaban J connectivity index is 2.17. The molecule has 0 spiro atoms. The number of hydrogen-bond acceptors (Lipinski definition) is 4. The van der Waals surface area contributed by atoms with Crippen LogP contribution >= 0.6 is 0 Å². The molecule has 2 aromatic heterocycles. The van der Waals surface area contributed by atoms with Crippen molar-refractivity contribution in [3.05, 3.63) is 43.0 Å². The molecule has 5 nitrogen and oxygen atoms in total. The third kappa shape index (κ3) is 2.27. The van der Waals surface area contributed by atoms with Crippen molar-refractivity contribution in [1.29, 1.82) is 0 Å². The van der Waals surface area contributed by atoms with E-state index in [2.05, 4.69) is 27.2 Å². The molecule has 2 heterocycles. The number of nitrogens with one attached hydrogen (secondary N) is 1. The van der Waals surface area contributed by atoms with E-state index >= 15 is 0 Å². The highest BCUT2D eigenvalue weighted by molar-refractivity contribution is 5.86. The minimum absolute atomic E-state index is 0.657. The van der Waals surface area contributed by atoms with Gasteiger partial charge in [-0.15, -0.1) is 0 Å². The van der Waals surface area contributed by atoms with Gasteiger partial charge in [0.05, 0.1) is 5.52 Å². The van der Waals surface area contributed by atoms with Crippen LogP contribution in [0.4, 0.5) is 5.95 Å². The molecule has 0 saturated heterocycles. The maximum Gasteiger partial charge on any atom is 0.225 e. The van der Waals surface area contributed by atoms with Crippen LogP contribution in [0.2, 0.25) is 0 Å². The topological polar surface area (TPSA) is 55.6 Å². The Bertz CT molecular complexity index is 675. The molecule has 5 heteroatoms. The third-order valence-electron chi connectivity index (χ3n) is 2.87. The lowest BCUT2D eigenvalue weighted by Gasteiger charge is -2.09. The monoisotopic (exact) mass is 253 g/mol. The van der Waals surface area contributed by atoms with Crippen LogP contribution in [0.5, 0.6) is 0 Å². The van der Waals surface area contributed by atoms with Gasteiger partial charge >= 0.3 is 0 Å². The second-order valence-corrected chi connectivity index (χ2v) is 4.28. The van der Waals surface area contributed by atoms with Crippen LogP contribution in [-0.2, 0) is 0 Å². The van der Waals surface area contributed by atoms with E-state index in [9.17, 15) is 0 Å². The first-order chi connectivity index (χ1) is 9.38. The van der Waals surface area contributed by atoms with Crippen LogP contribution in [0.1, 0.15) is 13.3 Å². The Morgan fingerprint density at radius 1 is 1.21 bits per heavy atom. The Morgan fingerprint density at radius 3 is 2.89 bits per heavy atom. The molecule has 0 radical (unpaired) electrons. The van der Waals surface area contributed by atoms with Crippen molar-refractivity contribution < 1.29 is 0 Å². The van der Waals surface area contributed by atoms with Crippen molar-refractivity contribution in [2.45, 2.75) is 13.3 Å². The highest BCUT2D eigenvalue weighted by Gasteiger charge is 2.08. The van der Waals surface area contributed by atoms with Crippen LogP contribution in [-0.4, -0.2) is 26.1 Å². The number of anilines is 1. The molecule has 1 aromatic carbocycles. The van der Waals surface area contributed by atoms with Gasteiger partial charge in [-0.1, -0.05) is 19.1 Å². The lowest BCUT2D eigenvalue weighted by Crippen LogP contribution is -2.07. The van der Waals surface area contributed by atoms with Gasteiger partial charge in [0.1, 0.15) is 6.33 Å². The number of aromatic nitrogens is 4. The van der Waals surface area contributed by atoms with Crippen LogP contribution in [0.15, 0.2) is 43.0 Å². The lowest BCUT2D eigenvalue weighted by atomic mass is 10.2. The number of imidazole rings is 1. The Labute approximate surface area is 111 Å². The predicted octanol–water partition coefficient (Wildman–Crippen LogP) is 2.64. The molecule has 3 rings (SSSR count). The molecule has 0 bridgehead atoms. The second-order valence-electron chi connectivity index (χ2n) is 4.28. The van der Waals surface area contributed by atoms with Crippen molar-refractivity contribution in [3.63, 3.8) is 0 Å². The summed E-state index contributed by atoms with van der Waals surface area (Å²) in [5.41, 5.74) is 0.930. The highest BCUT2D eigenvalue weighted by Crippen LogP contribution is 2.20. The molecule has 0 saturated carbocycles. The van der Waals surface area contributed by atoms with E-state index in [0.29, 0.717) is 5.95 Å². The average molecular weight is 253 g/mol. The Kier molecular flexibility index (Phi) is 3.10. The molecule has 3 aromatic rings. The fourth-order valence-corrected chi connectivity index (χ4v) is 1.96. The summed E-state index contributed by atoms with van der Waals surface area (Å²) in [4.78, 5) is 13.2. The van der Waals surface area contributed by atoms with E-state index in [0.717, 1.165) is 29.7 Å². The summed E-state index contributed by atoms with van der Waals surface area (Å²) in [6, 6.07) is 7.99. The van der Waals surface area contributed by atoms with E-state index in [1.807, 2.05) is 35.0 Å². The first kappa shape index (κ1) is 11.6. The van der Waals surface area contributed by atoms with Gasteiger partial charge in [0, 0.05) is 24.3 Å². The molecule has 19 heavy (non-hydrogen) atoms. The number of hydrogen-bond donors (Lipinski definition) is 1. The molecule has 1 N–H and O–H groups in total. The first-order valence-corrected chi connectivity index (χ1v) is 6.37. The molecule has 0 unspecified atom stereocenters. The van der Waals surface area contributed by atoms with E-state index in [4.69, 9.17) is 0 Å². The molecule has 0 aliphatic rings. The molecule has 96 valence electrons. The SMILES string of the molecule is CCCNc1nc(-n2ccnc2)c2ccccc2n1. The number of fused-ring (bicyclic) bond motifs is 1. The Morgan fingerprint density at radius 2 is 2.11 bits per heavy atom. The fraction of sp³-hybridized carbons (Fsp3) is 0.214. The second kappa shape index (κ2) is 5.06. The Hall–Kier alpha value is -2.43. The van der Waals surface area contributed by atoms with Gasteiger partial charge in [-0.25, -0.2) is 9.97 Å². The number of rotatable bonds is 4. The van der Waals surface area contributed by atoms with Gasteiger partial charge in [0.15, 0.2) is 5.82 Å². The predicted molar refractivity (Wildman–Crippen MR) is 75.4 cm³/mol. The maximum atomic E-state index is 4.58. The summed E-state index contributed by atoms with van der Waals surface area (Å²) < 4.78 is 1.90. The highest BCUT2D eigenvalue weighted by atomic mass is 15.2. The fourth-order valence-electron chi connectivity index (χ4n) is 1.96. The van der Waals surface area contributed by atoms with Gasteiger partial charge in [-0.2, -0.15) is 4.98 Å². The summed E-state index contributed by atoms with van der Waals surface area (Å²) >= 11 is 0. The molecule has 0 aliphatic heterocycles. The van der Waals surface area contributed by atoms with Gasteiger partial charge in [-0.05, 0) is 18.6 Å². The average Bonchev–Trinajstić information content (AvgIpc) is 2.98. The van der Waals surface area contributed by atoms with Gasteiger partial charge < -0.3 is 5.32 Å². The minimum atomic E-state index is 0.657. The zero-order valence-corrected chi connectivity index (χ0v) is 10.7. The minimum Gasteiger partial charge on any atom is -0.354 e. The number of para-hydroxylation sites is 1. The summed E-state index contributed by atoms with van der Waals surface area (Å²) in [7, 11) is 0. The van der Waals surface area contributed by atoms with Crippen molar-refractivity contribution in [3.8, 4) is 5.82 Å². The molecule has 0 aliphatic carbocycles. The maximum absolute atomic E-state index is 4.58. The summed E-state index contributed by atoms with van der Waals surface area (Å²) in [6.07, 6.45) is 6.42. The number of nitrogens with zero attached hydrogens (tertiary/aromatic N) is 4. The normalized spacial score (nSPS) is 10.8. The van der Waals surface area contributed by atoms with Gasteiger partial charge in [0.25, 0.3) is 0 Å². The van der Waals surface area contributed by atoms with Crippen molar-refractivity contribution in [1.82, 2.24) is 19.5 Å². The molecular weight excluding hydrogens is 238 g/mol. The molecular formula is C14H15N5. The van der Waals surface area contributed by atoms with Crippen molar-refractivity contribution in [2.24, 2.45) is 0 Å². The van der Waals surface area contributed by atoms with Crippen LogP contribution in [0, 0.1) is 0 Å². The summed E-state index contributed by atoms with van der Waals surface area (Å²) in [5.74, 6) is 1.51. The van der Waals surface area contributed by atoms with E-state index < -0.39 is 0 Å². The van der Waals surface area contributed by atoms with E-state index in [1.165, 1.54) is 0 Å². The van der Waals surface area contributed by atoms with Gasteiger partial charge in [0.2, 0.25) is 5.95 Å². The van der Waals surface area contributed by atoms with Crippen LogP contribution in [0.25, 0.3) is 16.7 Å². The third-order valence-corrected chi connectivity index (χ3v) is 2.87. The lowest BCUT2D eigenvalue weighted by molar-refractivity contribution is 0.939. The molecule has 0 amide bonds. The quantitative estimate of drug-likeness (QED) is 0.776. The zero-order chi connectivity index (χ0) is 13.1. The number of benzene rings is 1. The van der Waals surface area contributed by atoms with E-state index in [1.54, 1.807) is 12.5 Å². The standard InChI is InChI=1S/C14H15N5/c1-2-7-16-14-17-12-6-4-3-5-11(12)13(18-14)19-9-8-15-10-19/h3-6,8-10H,2,7H2,1H3,(H,16,17,18). The van der Waals surface area contributed by atoms with Crippen molar-refractivity contribution >= 4 is 16.9 Å². The summed E-state index contributed by atoms with van der Waals surface area (Å²) in [5, 5.41) is 4.25. The first-order valence-electron chi connectivity index (χ1n) is 6.37. The summed E-state index contributed by atoms with van der Waals surface area (Å²) in [6.45, 7) is 2.98. The van der Waals surface area contributed by atoms with Gasteiger partial charge in [-0.3, -0.25) is 4.57 Å².